The molecule has 1 aromatic carbocycles. The predicted octanol–water partition coefficient (Wildman–Crippen LogP) is 3.96. The minimum absolute atomic E-state index is 0.745. The van der Waals surface area contributed by atoms with E-state index in [2.05, 4.69) is 38.4 Å². The Kier molecular flexibility index (Phi) is 4.67. The Balaban J connectivity index is 3.38. The second-order valence-electron chi connectivity index (χ2n) is 2.88. The third kappa shape index (κ3) is 2.55. The Hall–Kier alpha value is -0.480. The lowest BCUT2D eigenvalue weighted by Gasteiger charge is -2.13. The van der Waals surface area contributed by atoms with Gasteiger partial charge in [0.15, 0.2) is 0 Å². The van der Waals surface area contributed by atoms with E-state index in [9.17, 15) is 0 Å². The maximum Gasteiger partial charge on any atom is 0.137 e. The normalized spacial score (nSPS) is 9.87. The van der Waals surface area contributed by atoms with Crippen molar-refractivity contribution in [2.75, 3.05) is 14.2 Å². The van der Waals surface area contributed by atoms with Gasteiger partial charge in [0, 0.05) is 6.07 Å². The highest BCUT2D eigenvalue weighted by Crippen LogP contribution is 2.40. The molecule has 0 radical (unpaired) electrons. The zero-order valence-corrected chi connectivity index (χ0v) is 11.8. The van der Waals surface area contributed by atoms with Gasteiger partial charge in [-0.25, -0.2) is 0 Å². The molecule has 0 saturated heterocycles. The number of rotatable bonds is 4. The van der Waals surface area contributed by atoms with Crippen molar-refractivity contribution in [2.45, 2.75) is 6.42 Å². The van der Waals surface area contributed by atoms with Crippen LogP contribution in [0.15, 0.2) is 27.7 Å². The molecule has 0 heterocycles. The Morgan fingerprint density at radius 2 is 1.67 bits per heavy atom. The number of allylic oxidation sites excluding steroid dienone is 1. The van der Waals surface area contributed by atoms with Crippen LogP contribution in [0.1, 0.15) is 5.56 Å². The number of halogens is 2. The van der Waals surface area contributed by atoms with Gasteiger partial charge in [0.1, 0.15) is 11.5 Å². The van der Waals surface area contributed by atoms with Crippen LogP contribution < -0.4 is 9.47 Å². The first-order chi connectivity index (χ1) is 7.15. The van der Waals surface area contributed by atoms with E-state index in [1.54, 1.807) is 14.2 Å². The number of methoxy groups -OCH3 is 2. The van der Waals surface area contributed by atoms with Gasteiger partial charge >= 0.3 is 0 Å². The van der Waals surface area contributed by atoms with Crippen LogP contribution in [0, 0.1) is 0 Å². The van der Waals surface area contributed by atoms with E-state index in [0.29, 0.717) is 0 Å². The fraction of sp³-hybridized carbons (Fsp3) is 0.273. The van der Waals surface area contributed by atoms with Crippen molar-refractivity contribution < 1.29 is 9.47 Å². The summed E-state index contributed by atoms with van der Waals surface area (Å²) in [6, 6.07) is 1.83. The van der Waals surface area contributed by atoms with E-state index >= 15 is 0 Å². The van der Waals surface area contributed by atoms with Crippen LogP contribution in [0.5, 0.6) is 11.5 Å². The summed E-state index contributed by atoms with van der Waals surface area (Å²) in [6.07, 6.45) is 2.58. The summed E-state index contributed by atoms with van der Waals surface area (Å²) in [5.74, 6) is 1.51. The summed E-state index contributed by atoms with van der Waals surface area (Å²) in [7, 11) is 3.26. The van der Waals surface area contributed by atoms with E-state index in [1.807, 2.05) is 12.1 Å². The lowest BCUT2D eigenvalue weighted by Crippen LogP contribution is -1.95. The average molecular weight is 336 g/mol. The molecule has 0 saturated carbocycles. The number of benzene rings is 1. The van der Waals surface area contributed by atoms with Gasteiger partial charge in [-0.2, -0.15) is 0 Å². The molecule has 0 spiro atoms. The van der Waals surface area contributed by atoms with E-state index in [4.69, 9.17) is 9.47 Å². The van der Waals surface area contributed by atoms with Crippen molar-refractivity contribution in [3.05, 3.63) is 33.2 Å². The maximum absolute atomic E-state index is 5.25. The van der Waals surface area contributed by atoms with Gasteiger partial charge in [-0.1, -0.05) is 6.08 Å². The van der Waals surface area contributed by atoms with Crippen LogP contribution in [0.2, 0.25) is 0 Å². The summed E-state index contributed by atoms with van der Waals surface area (Å²) < 4.78 is 12.4. The van der Waals surface area contributed by atoms with Crippen molar-refractivity contribution in [3.8, 4) is 11.5 Å². The first-order valence-corrected chi connectivity index (χ1v) is 5.94. The van der Waals surface area contributed by atoms with Crippen LogP contribution in [0.25, 0.3) is 0 Å². The second kappa shape index (κ2) is 5.56. The fourth-order valence-corrected chi connectivity index (χ4v) is 2.80. The highest BCUT2D eigenvalue weighted by molar-refractivity contribution is 9.11. The van der Waals surface area contributed by atoms with Crippen LogP contribution in [-0.4, -0.2) is 14.2 Å². The molecule has 0 aliphatic heterocycles. The number of hydrogen-bond donors (Lipinski definition) is 0. The van der Waals surface area contributed by atoms with Crippen LogP contribution in [0.4, 0.5) is 0 Å². The lowest BCUT2D eigenvalue weighted by atomic mass is 10.1. The first kappa shape index (κ1) is 12.6. The quantitative estimate of drug-likeness (QED) is 0.775. The third-order valence-electron chi connectivity index (χ3n) is 2.01. The lowest BCUT2D eigenvalue weighted by molar-refractivity contribution is 0.390. The molecule has 1 rings (SSSR count). The molecule has 0 bridgehead atoms. The summed E-state index contributed by atoms with van der Waals surface area (Å²) >= 11 is 7.00. The summed E-state index contributed by atoms with van der Waals surface area (Å²) in [5, 5.41) is 0. The molecule has 0 atom stereocenters. The molecule has 1 aromatic rings. The second-order valence-corrected chi connectivity index (χ2v) is 4.47. The Morgan fingerprint density at radius 3 is 2.00 bits per heavy atom. The minimum atomic E-state index is 0.745. The van der Waals surface area contributed by atoms with Crippen molar-refractivity contribution in [2.24, 2.45) is 0 Å². The van der Waals surface area contributed by atoms with Gasteiger partial charge in [-0.3, -0.25) is 0 Å². The van der Waals surface area contributed by atoms with E-state index < -0.39 is 0 Å². The van der Waals surface area contributed by atoms with Crippen molar-refractivity contribution >= 4 is 31.9 Å². The van der Waals surface area contributed by atoms with Gasteiger partial charge in [-0.15, -0.1) is 6.58 Å². The fourth-order valence-electron chi connectivity index (χ4n) is 1.26. The summed E-state index contributed by atoms with van der Waals surface area (Å²) in [4.78, 5) is 0. The standard InChI is InChI=1S/C11H12Br2O2/c1-4-5-7-10(12)8(14-2)6-9(15-3)11(7)13/h4,6H,1,5H2,2-3H3. The van der Waals surface area contributed by atoms with Crippen molar-refractivity contribution in [3.63, 3.8) is 0 Å². The van der Waals surface area contributed by atoms with Crippen LogP contribution >= 0.6 is 31.9 Å². The summed E-state index contributed by atoms with van der Waals surface area (Å²) in [5.41, 5.74) is 1.07. The minimum Gasteiger partial charge on any atom is -0.495 e. The molecular formula is C11H12Br2O2. The molecule has 0 aromatic heterocycles. The highest BCUT2D eigenvalue weighted by Gasteiger charge is 2.14. The molecule has 0 amide bonds. The van der Waals surface area contributed by atoms with Gasteiger partial charge < -0.3 is 9.47 Å². The molecule has 2 nitrogen and oxygen atoms in total. The van der Waals surface area contributed by atoms with Gasteiger partial charge in [0.25, 0.3) is 0 Å². The van der Waals surface area contributed by atoms with Gasteiger partial charge in [-0.05, 0) is 43.8 Å². The van der Waals surface area contributed by atoms with E-state index in [0.717, 1.165) is 32.4 Å². The Bertz CT molecular complexity index is 347. The molecule has 0 N–H and O–H groups in total. The number of hydrogen-bond acceptors (Lipinski definition) is 2. The van der Waals surface area contributed by atoms with E-state index in [-0.39, 0.29) is 0 Å². The van der Waals surface area contributed by atoms with Gasteiger partial charge in [0.05, 0.1) is 23.2 Å². The van der Waals surface area contributed by atoms with E-state index in [1.165, 1.54) is 0 Å². The Morgan fingerprint density at radius 1 is 1.20 bits per heavy atom. The molecule has 0 unspecified atom stereocenters. The average Bonchev–Trinajstić information content (AvgIpc) is 2.25. The monoisotopic (exact) mass is 334 g/mol. The molecule has 82 valence electrons. The molecule has 0 fully saturated rings. The zero-order chi connectivity index (χ0) is 11.4. The van der Waals surface area contributed by atoms with Crippen molar-refractivity contribution in [1.29, 1.82) is 0 Å². The molecule has 0 aliphatic carbocycles. The predicted molar refractivity (Wildman–Crippen MR) is 68.8 cm³/mol. The molecule has 15 heavy (non-hydrogen) atoms. The zero-order valence-electron chi connectivity index (χ0n) is 8.64. The van der Waals surface area contributed by atoms with Crippen LogP contribution in [0.3, 0.4) is 0 Å². The molecule has 0 aliphatic rings. The van der Waals surface area contributed by atoms with Crippen molar-refractivity contribution in [1.82, 2.24) is 0 Å². The topological polar surface area (TPSA) is 18.5 Å². The van der Waals surface area contributed by atoms with Gasteiger partial charge in [0.2, 0.25) is 0 Å². The highest BCUT2D eigenvalue weighted by atomic mass is 79.9. The Labute approximate surface area is 107 Å². The smallest absolute Gasteiger partial charge is 0.137 e. The largest absolute Gasteiger partial charge is 0.495 e. The molecular weight excluding hydrogens is 324 g/mol. The first-order valence-electron chi connectivity index (χ1n) is 4.35. The van der Waals surface area contributed by atoms with Crippen LogP contribution in [-0.2, 0) is 6.42 Å². The number of ether oxygens (including phenoxy) is 2. The SMILES string of the molecule is C=CCc1c(Br)c(OC)cc(OC)c1Br. The maximum atomic E-state index is 5.25. The molecule has 4 heteroatoms. The summed E-state index contributed by atoms with van der Waals surface area (Å²) in [6.45, 7) is 3.73. The third-order valence-corrected chi connectivity index (χ3v) is 3.75.